The number of benzene rings is 1. The van der Waals surface area contributed by atoms with Crippen molar-refractivity contribution in [2.24, 2.45) is 5.92 Å². The van der Waals surface area contributed by atoms with Crippen LogP contribution in [-0.2, 0) is 4.79 Å². The maximum Gasteiger partial charge on any atom is 0.257 e. The Labute approximate surface area is 143 Å². The molecule has 6 heteroatoms. The van der Waals surface area contributed by atoms with E-state index >= 15 is 0 Å². The number of carbonyl (C=O) groups excluding carboxylic acids is 2. The zero-order valence-electron chi connectivity index (χ0n) is 14.6. The van der Waals surface area contributed by atoms with Crippen molar-refractivity contribution in [1.29, 1.82) is 0 Å². The number of hydrogen-bond donors (Lipinski definition) is 1. The Hall–Kier alpha value is -2.24. The van der Waals surface area contributed by atoms with Gasteiger partial charge in [0, 0.05) is 25.6 Å². The molecule has 1 aliphatic rings. The number of carbonyl (C=O) groups is 2. The number of methoxy groups -OCH3 is 2. The van der Waals surface area contributed by atoms with E-state index in [-0.39, 0.29) is 17.7 Å². The first kappa shape index (κ1) is 18.1. The largest absolute Gasteiger partial charge is 0.497 e. The minimum absolute atomic E-state index is 0.00666. The Kier molecular flexibility index (Phi) is 6.46. The highest BCUT2D eigenvalue weighted by molar-refractivity contribution is 5.97. The van der Waals surface area contributed by atoms with Gasteiger partial charge in [-0.05, 0) is 37.5 Å². The molecule has 1 heterocycles. The Bertz CT molecular complexity index is 580. The van der Waals surface area contributed by atoms with Crippen LogP contribution in [0.25, 0.3) is 0 Å². The molecule has 132 valence electrons. The molecule has 1 N–H and O–H groups in total. The zero-order valence-corrected chi connectivity index (χ0v) is 14.6. The quantitative estimate of drug-likeness (QED) is 0.865. The molecule has 1 saturated heterocycles. The van der Waals surface area contributed by atoms with Crippen LogP contribution < -0.4 is 14.8 Å². The standard InChI is InChI=1S/C18H26N2O4/c1-4-9-19-17(21)13-7-10-20(11-8-13)18(22)15-12-14(23-2)5-6-16(15)24-3/h5-6,12-13H,4,7-11H2,1-3H3,(H,19,21). The number of amides is 2. The lowest BCUT2D eigenvalue weighted by Crippen LogP contribution is -2.43. The third-order valence-electron chi connectivity index (χ3n) is 4.34. The van der Waals surface area contributed by atoms with Crippen LogP contribution in [0.2, 0.25) is 0 Å². The van der Waals surface area contributed by atoms with Crippen LogP contribution in [-0.4, -0.2) is 50.6 Å². The zero-order chi connectivity index (χ0) is 17.5. The first-order chi connectivity index (χ1) is 11.6. The lowest BCUT2D eigenvalue weighted by Gasteiger charge is -2.31. The van der Waals surface area contributed by atoms with Gasteiger partial charge in [-0.15, -0.1) is 0 Å². The topological polar surface area (TPSA) is 67.9 Å². The van der Waals surface area contributed by atoms with Crippen LogP contribution in [0.1, 0.15) is 36.5 Å². The van der Waals surface area contributed by atoms with E-state index in [1.165, 1.54) is 0 Å². The summed E-state index contributed by atoms with van der Waals surface area (Å²) < 4.78 is 10.5. The van der Waals surface area contributed by atoms with Gasteiger partial charge in [-0.3, -0.25) is 9.59 Å². The van der Waals surface area contributed by atoms with Crippen LogP contribution in [0.5, 0.6) is 11.5 Å². The summed E-state index contributed by atoms with van der Waals surface area (Å²) >= 11 is 0. The monoisotopic (exact) mass is 334 g/mol. The Morgan fingerprint density at radius 2 is 1.92 bits per heavy atom. The number of piperidine rings is 1. The lowest BCUT2D eigenvalue weighted by atomic mass is 9.95. The predicted octanol–water partition coefficient (Wildman–Crippen LogP) is 2.08. The summed E-state index contributed by atoms with van der Waals surface area (Å²) in [6, 6.07) is 5.19. The maximum atomic E-state index is 12.8. The molecule has 0 atom stereocenters. The van der Waals surface area contributed by atoms with Gasteiger partial charge >= 0.3 is 0 Å². The molecule has 0 radical (unpaired) electrons. The predicted molar refractivity (Wildman–Crippen MR) is 91.5 cm³/mol. The first-order valence-electron chi connectivity index (χ1n) is 8.39. The molecule has 6 nitrogen and oxygen atoms in total. The molecule has 2 rings (SSSR count). The van der Waals surface area contributed by atoms with Crippen LogP contribution in [0, 0.1) is 5.92 Å². The number of rotatable bonds is 6. The Morgan fingerprint density at radius 1 is 1.21 bits per heavy atom. The summed E-state index contributed by atoms with van der Waals surface area (Å²) in [6.45, 7) is 3.88. The van der Waals surface area contributed by atoms with Crippen molar-refractivity contribution in [2.45, 2.75) is 26.2 Å². The number of nitrogens with one attached hydrogen (secondary N) is 1. The minimum Gasteiger partial charge on any atom is -0.497 e. The summed E-state index contributed by atoms with van der Waals surface area (Å²) in [5.41, 5.74) is 0.491. The Balaban J connectivity index is 2.01. The van der Waals surface area contributed by atoms with E-state index in [0.29, 0.717) is 49.5 Å². The summed E-state index contributed by atoms with van der Waals surface area (Å²) in [7, 11) is 3.11. The van der Waals surface area contributed by atoms with Crippen molar-refractivity contribution in [1.82, 2.24) is 10.2 Å². The molecule has 2 amide bonds. The van der Waals surface area contributed by atoms with Crippen LogP contribution >= 0.6 is 0 Å². The van der Waals surface area contributed by atoms with Gasteiger partial charge in [0.2, 0.25) is 5.91 Å². The minimum atomic E-state index is -0.0850. The van der Waals surface area contributed by atoms with E-state index in [4.69, 9.17) is 9.47 Å². The van der Waals surface area contributed by atoms with E-state index in [2.05, 4.69) is 5.32 Å². The Morgan fingerprint density at radius 3 is 2.50 bits per heavy atom. The van der Waals surface area contributed by atoms with E-state index < -0.39 is 0 Å². The second-order valence-electron chi connectivity index (χ2n) is 5.92. The van der Waals surface area contributed by atoms with Gasteiger partial charge in [0.1, 0.15) is 11.5 Å². The number of likely N-dealkylation sites (tertiary alicyclic amines) is 1. The molecule has 0 spiro atoms. The number of nitrogens with zero attached hydrogens (tertiary/aromatic N) is 1. The third kappa shape index (κ3) is 4.19. The van der Waals surface area contributed by atoms with Gasteiger partial charge < -0.3 is 19.7 Å². The van der Waals surface area contributed by atoms with Crippen LogP contribution in [0.15, 0.2) is 18.2 Å². The summed E-state index contributed by atoms with van der Waals surface area (Å²) in [5, 5.41) is 2.93. The molecular weight excluding hydrogens is 308 g/mol. The van der Waals surface area contributed by atoms with E-state index in [0.717, 1.165) is 6.42 Å². The number of ether oxygens (including phenoxy) is 2. The van der Waals surface area contributed by atoms with E-state index in [1.807, 2.05) is 6.92 Å². The third-order valence-corrected chi connectivity index (χ3v) is 4.34. The highest BCUT2D eigenvalue weighted by atomic mass is 16.5. The summed E-state index contributed by atoms with van der Waals surface area (Å²) in [5.74, 6) is 1.16. The van der Waals surface area contributed by atoms with Crippen molar-refractivity contribution in [2.75, 3.05) is 33.9 Å². The van der Waals surface area contributed by atoms with Crippen molar-refractivity contribution in [3.63, 3.8) is 0 Å². The lowest BCUT2D eigenvalue weighted by molar-refractivity contribution is -0.126. The summed E-state index contributed by atoms with van der Waals surface area (Å²) in [4.78, 5) is 26.6. The molecule has 1 aromatic rings. The molecule has 0 saturated carbocycles. The average molecular weight is 334 g/mol. The van der Waals surface area contributed by atoms with Crippen molar-refractivity contribution in [3.8, 4) is 11.5 Å². The first-order valence-corrected chi connectivity index (χ1v) is 8.39. The van der Waals surface area contributed by atoms with Crippen molar-refractivity contribution >= 4 is 11.8 Å². The smallest absolute Gasteiger partial charge is 0.257 e. The highest BCUT2D eigenvalue weighted by Gasteiger charge is 2.28. The van der Waals surface area contributed by atoms with Gasteiger partial charge in [-0.1, -0.05) is 6.92 Å². The molecule has 1 aromatic carbocycles. The highest BCUT2D eigenvalue weighted by Crippen LogP contribution is 2.27. The van der Waals surface area contributed by atoms with Gasteiger partial charge in [-0.25, -0.2) is 0 Å². The van der Waals surface area contributed by atoms with Gasteiger partial charge in [0.15, 0.2) is 0 Å². The fraction of sp³-hybridized carbons (Fsp3) is 0.556. The van der Waals surface area contributed by atoms with Crippen LogP contribution in [0.4, 0.5) is 0 Å². The molecule has 1 aliphatic heterocycles. The number of hydrogen-bond acceptors (Lipinski definition) is 4. The van der Waals surface area contributed by atoms with Crippen molar-refractivity contribution in [3.05, 3.63) is 23.8 Å². The van der Waals surface area contributed by atoms with E-state index in [1.54, 1.807) is 37.3 Å². The molecule has 0 bridgehead atoms. The average Bonchev–Trinajstić information content (AvgIpc) is 2.65. The summed E-state index contributed by atoms with van der Waals surface area (Å²) in [6.07, 6.45) is 2.31. The van der Waals surface area contributed by atoms with Crippen LogP contribution in [0.3, 0.4) is 0 Å². The fourth-order valence-electron chi connectivity index (χ4n) is 2.89. The van der Waals surface area contributed by atoms with Gasteiger partial charge in [0.05, 0.1) is 19.8 Å². The SMILES string of the molecule is CCCNC(=O)C1CCN(C(=O)c2cc(OC)ccc2OC)CC1. The van der Waals surface area contributed by atoms with Gasteiger partial charge in [-0.2, -0.15) is 0 Å². The molecule has 24 heavy (non-hydrogen) atoms. The molecule has 0 aliphatic carbocycles. The molecule has 0 unspecified atom stereocenters. The fourth-order valence-corrected chi connectivity index (χ4v) is 2.89. The van der Waals surface area contributed by atoms with Gasteiger partial charge in [0.25, 0.3) is 5.91 Å². The maximum absolute atomic E-state index is 12.8. The molecular formula is C18H26N2O4. The second kappa shape index (κ2) is 8.57. The molecule has 1 fully saturated rings. The second-order valence-corrected chi connectivity index (χ2v) is 5.92. The van der Waals surface area contributed by atoms with Crippen molar-refractivity contribution < 1.29 is 19.1 Å². The van der Waals surface area contributed by atoms with E-state index in [9.17, 15) is 9.59 Å². The normalized spacial score (nSPS) is 15.0. The molecule has 0 aromatic heterocycles.